The van der Waals surface area contributed by atoms with Crippen LogP contribution in [0.15, 0.2) is 12.2 Å². The Labute approximate surface area is 82.0 Å². The van der Waals surface area contributed by atoms with Gasteiger partial charge in [-0.2, -0.15) is 0 Å². The molecule has 0 heterocycles. The summed E-state index contributed by atoms with van der Waals surface area (Å²) in [5.74, 6) is 0.809. The summed E-state index contributed by atoms with van der Waals surface area (Å²) in [5, 5.41) is 0. The third kappa shape index (κ3) is 10.0. The Kier molecular flexibility index (Phi) is 11.1. The van der Waals surface area contributed by atoms with Gasteiger partial charge in [-0.1, -0.05) is 31.9 Å². The Morgan fingerprint density at radius 1 is 0.917 bits per heavy atom. The summed E-state index contributed by atoms with van der Waals surface area (Å²) < 4.78 is 0. The van der Waals surface area contributed by atoms with Crippen molar-refractivity contribution < 1.29 is 0 Å². The topological polar surface area (TPSA) is 0 Å². The summed E-state index contributed by atoms with van der Waals surface area (Å²) in [6, 6.07) is 0. The lowest BCUT2D eigenvalue weighted by molar-refractivity contribution is 0.726. The molecule has 0 nitrogen and oxygen atoms in total. The van der Waals surface area contributed by atoms with Crippen LogP contribution in [0, 0.1) is 0 Å². The zero-order chi connectivity index (χ0) is 9.07. The molecule has 0 aromatic rings. The highest BCUT2D eigenvalue weighted by molar-refractivity contribution is 6.17. The van der Waals surface area contributed by atoms with Gasteiger partial charge in [0.25, 0.3) is 0 Å². The van der Waals surface area contributed by atoms with Crippen LogP contribution in [-0.4, -0.2) is 5.88 Å². The van der Waals surface area contributed by atoms with Gasteiger partial charge in [-0.3, -0.25) is 0 Å². The molecule has 0 aliphatic heterocycles. The summed E-state index contributed by atoms with van der Waals surface area (Å²) >= 11 is 5.56. The van der Waals surface area contributed by atoms with Gasteiger partial charge in [0.05, 0.1) is 0 Å². The SMILES string of the molecule is CCCCC/C=C/CCCCCl. The Hall–Kier alpha value is 0.0300. The highest BCUT2D eigenvalue weighted by atomic mass is 35.5. The Morgan fingerprint density at radius 2 is 1.50 bits per heavy atom. The van der Waals surface area contributed by atoms with Gasteiger partial charge >= 0.3 is 0 Å². The van der Waals surface area contributed by atoms with Crippen LogP contribution in [0.25, 0.3) is 0 Å². The van der Waals surface area contributed by atoms with E-state index in [1.807, 2.05) is 0 Å². The van der Waals surface area contributed by atoms with Gasteiger partial charge in [-0.25, -0.2) is 0 Å². The van der Waals surface area contributed by atoms with Crippen LogP contribution in [0.5, 0.6) is 0 Å². The molecule has 0 saturated carbocycles. The average molecular weight is 189 g/mol. The first-order chi connectivity index (χ1) is 5.91. The average Bonchev–Trinajstić information content (AvgIpc) is 2.10. The quantitative estimate of drug-likeness (QED) is 0.298. The number of allylic oxidation sites excluding steroid dienone is 2. The molecular weight excluding hydrogens is 168 g/mol. The van der Waals surface area contributed by atoms with Crippen LogP contribution in [-0.2, 0) is 0 Å². The molecule has 72 valence electrons. The van der Waals surface area contributed by atoms with E-state index in [1.54, 1.807) is 0 Å². The molecule has 0 N–H and O–H groups in total. The van der Waals surface area contributed by atoms with E-state index in [1.165, 1.54) is 38.5 Å². The third-order valence-corrected chi connectivity index (χ3v) is 2.16. The van der Waals surface area contributed by atoms with Gasteiger partial charge in [0, 0.05) is 5.88 Å². The van der Waals surface area contributed by atoms with Crippen LogP contribution in [0.3, 0.4) is 0 Å². The second-order valence-electron chi connectivity index (χ2n) is 3.15. The van der Waals surface area contributed by atoms with Crippen LogP contribution >= 0.6 is 11.6 Å². The predicted octanol–water partition coefficient (Wildman–Crippen LogP) is 4.53. The van der Waals surface area contributed by atoms with Crippen LogP contribution in [0.4, 0.5) is 0 Å². The molecule has 0 saturated heterocycles. The molecule has 0 bridgehead atoms. The van der Waals surface area contributed by atoms with Crippen molar-refractivity contribution in [2.75, 3.05) is 5.88 Å². The monoisotopic (exact) mass is 188 g/mol. The van der Waals surface area contributed by atoms with Gasteiger partial charge in [-0.05, 0) is 32.1 Å². The normalized spacial score (nSPS) is 11.2. The highest BCUT2D eigenvalue weighted by Gasteiger charge is 1.83. The van der Waals surface area contributed by atoms with Crippen molar-refractivity contribution in [3.8, 4) is 0 Å². The van der Waals surface area contributed by atoms with E-state index in [0.29, 0.717) is 0 Å². The maximum absolute atomic E-state index is 5.56. The largest absolute Gasteiger partial charge is 0.127 e. The second kappa shape index (κ2) is 11.0. The lowest BCUT2D eigenvalue weighted by Crippen LogP contribution is -1.75. The summed E-state index contributed by atoms with van der Waals surface area (Å²) in [6.07, 6.45) is 13.5. The molecule has 0 radical (unpaired) electrons. The molecular formula is C11H21Cl. The van der Waals surface area contributed by atoms with Gasteiger partial charge in [0.2, 0.25) is 0 Å². The molecule has 0 amide bonds. The number of rotatable bonds is 8. The van der Waals surface area contributed by atoms with Crippen LogP contribution < -0.4 is 0 Å². The van der Waals surface area contributed by atoms with Crippen LogP contribution in [0.1, 0.15) is 51.9 Å². The van der Waals surface area contributed by atoms with Crippen molar-refractivity contribution in [1.29, 1.82) is 0 Å². The van der Waals surface area contributed by atoms with Crippen molar-refractivity contribution in [3.63, 3.8) is 0 Å². The fourth-order valence-electron chi connectivity index (χ4n) is 1.10. The molecule has 0 aromatic carbocycles. The van der Waals surface area contributed by atoms with Crippen molar-refractivity contribution >= 4 is 11.6 Å². The summed E-state index contributed by atoms with van der Waals surface area (Å²) in [4.78, 5) is 0. The molecule has 12 heavy (non-hydrogen) atoms. The van der Waals surface area contributed by atoms with E-state index in [2.05, 4.69) is 19.1 Å². The number of unbranched alkanes of at least 4 members (excludes halogenated alkanes) is 5. The van der Waals surface area contributed by atoms with Crippen molar-refractivity contribution in [1.82, 2.24) is 0 Å². The van der Waals surface area contributed by atoms with Crippen molar-refractivity contribution in [2.45, 2.75) is 51.9 Å². The minimum absolute atomic E-state index is 0.809. The number of hydrogen-bond acceptors (Lipinski definition) is 0. The fourth-order valence-corrected chi connectivity index (χ4v) is 1.29. The number of hydrogen-bond donors (Lipinski definition) is 0. The molecule has 1 heteroatoms. The molecule has 0 aromatic heterocycles. The van der Waals surface area contributed by atoms with E-state index in [9.17, 15) is 0 Å². The molecule has 0 aliphatic carbocycles. The minimum Gasteiger partial charge on any atom is -0.127 e. The molecule has 0 atom stereocenters. The maximum atomic E-state index is 5.56. The third-order valence-electron chi connectivity index (χ3n) is 1.90. The molecule has 0 fully saturated rings. The van der Waals surface area contributed by atoms with E-state index in [0.717, 1.165) is 12.3 Å². The first kappa shape index (κ1) is 12.0. The lowest BCUT2D eigenvalue weighted by atomic mass is 10.2. The summed E-state index contributed by atoms with van der Waals surface area (Å²) in [7, 11) is 0. The first-order valence-electron chi connectivity index (χ1n) is 5.12. The number of alkyl halides is 1. The van der Waals surface area contributed by atoms with Gasteiger partial charge in [-0.15, -0.1) is 11.6 Å². The van der Waals surface area contributed by atoms with Crippen molar-refractivity contribution in [3.05, 3.63) is 12.2 Å². The zero-order valence-electron chi connectivity index (χ0n) is 8.19. The lowest BCUT2D eigenvalue weighted by Gasteiger charge is -1.92. The Morgan fingerprint density at radius 3 is 2.00 bits per heavy atom. The standard InChI is InChI=1S/C11H21Cl/c1-2-3-4-5-6-7-8-9-10-11-12/h6-7H,2-5,8-11H2,1H3/b7-6+. The Bertz CT molecular complexity index is 85.2. The maximum Gasteiger partial charge on any atom is 0.0223 e. The van der Waals surface area contributed by atoms with Crippen LogP contribution in [0.2, 0.25) is 0 Å². The highest BCUT2D eigenvalue weighted by Crippen LogP contribution is 2.02. The molecule has 0 rings (SSSR count). The smallest absolute Gasteiger partial charge is 0.0223 e. The summed E-state index contributed by atoms with van der Waals surface area (Å²) in [6.45, 7) is 2.24. The molecule has 0 spiro atoms. The first-order valence-corrected chi connectivity index (χ1v) is 5.66. The van der Waals surface area contributed by atoms with Crippen molar-refractivity contribution in [2.24, 2.45) is 0 Å². The minimum atomic E-state index is 0.809. The molecule has 0 unspecified atom stereocenters. The van der Waals surface area contributed by atoms with E-state index in [4.69, 9.17) is 11.6 Å². The predicted molar refractivity (Wildman–Crippen MR) is 57.9 cm³/mol. The Balaban J connectivity index is 2.93. The van der Waals surface area contributed by atoms with E-state index in [-0.39, 0.29) is 0 Å². The van der Waals surface area contributed by atoms with E-state index < -0.39 is 0 Å². The van der Waals surface area contributed by atoms with Gasteiger partial charge < -0.3 is 0 Å². The van der Waals surface area contributed by atoms with Gasteiger partial charge in [0.15, 0.2) is 0 Å². The summed E-state index contributed by atoms with van der Waals surface area (Å²) in [5.41, 5.74) is 0. The number of halogens is 1. The second-order valence-corrected chi connectivity index (χ2v) is 3.53. The van der Waals surface area contributed by atoms with Gasteiger partial charge in [0.1, 0.15) is 0 Å². The molecule has 0 aliphatic rings. The van der Waals surface area contributed by atoms with E-state index >= 15 is 0 Å². The fraction of sp³-hybridized carbons (Fsp3) is 0.818. The zero-order valence-corrected chi connectivity index (χ0v) is 8.95.